The Kier molecular flexibility index (Phi) is 6.11. The zero-order valence-electron chi connectivity index (χ0n) is 14.5. The second-order valence-corrected chi connectivity index (χ2v) is 6.32. The largest absolute Gasteiger partial charge is 0.480 e. The van der Waals surface area contributed by atoms with Crippen LogP contribution in [-0.2, 0) is 20.9 Å². The predicted octanol–water partition coefficient (Wildman–Crippen LogP) is 3.16. The van der Waals surface area contributed by atoms with Gasteiger partial charge >= 0.3 is 11.9 Å². The molecule has 0 amide bonds. The molecule has 0 aliphatic heterocycles. The highest BCUT2D eigenvalue weighted by Crippen LogP contribution is 2.12. The summed E-state index contributed by atoms with van der Waals surface area (Å²) in [6.45, 7) is 5.29. The number of hydrogen-bond donors (Lipinski definition) is 0. The maximum Gasteiger partial charge on any atom is 0.357 e. The summed E-state index contributed by atoms with van der Waals surface area (Å²) in [6, 6.07) is 12.4. The van der Waals surface area contributed by atoms with E-state index in [1.54, 1.807) is 26.8 Å². The Morgan fingerprint density at radius 2 is 1.76 bits per heavy atom. The number of benzene rings is 1. The van der Waals surface area contributed by atoms with Crippen LogP contribution in [-0.4, -0.2) is 29.1 Å². The van der Waals surface area contributed by atoms with Crippen molar-refractivity contribution < 1.29 is 23.8 Å². The first kappa shape index (κ1) is 18.4. The number of ether oxygens (including phenoxy) is 3. The molecule has 2 aromatic rings. The van der Waals surface area contributed by atoms with Gasteiger partial charge < -0.3 is 14.2 Å². The molecular formula is C19H21NO5. The fourth-order valence-corrected chi connectivity index (χ4v) is 1.90. The van der Waals surface area contributed by atoms with Crippen molar-refractivity contribution in [1.82, 2.24) is 4.98 Å². The molecule has 1 aromatic carbocycles. The van der Waals surface area contributed by atoms with Crippen LogP contribution in [0, 0.1) is 0 Å². The van der Waals surface area contributed by atoms with Crippen LogP contribution in [0.5, 0.6) is 5.75 Å². The van der Waals surface area contributed by atoms with E-state index in [0.29, 0.717) is 5.75 Å². The summed E-state index contributed by atoms with van der Waals surface area (Å²) in [5, 5.41) is 0. The second-order valence-electron chi connectivity index (χ2n) is 6.32. The highest BCUT2D eigenvalue weighted by atomic mass is 16.6. The number of nitrogens with zero attached hydrogens (tertiary/aromatic N) is 1. The lowest BCUT2D eigenvalue weighted by Crippen LogP contribution is -2.27. The number of esters is 2. The van der Waals surface area contributed by atoms with E-state index in [1.165, 1.54) is 12.3 Å². The molecule has 132 valence electrons. The zero-order valence-corrected chi connectivity index (χ0v) is 14.5. The van der Waals surface area contributed by atoms with Crippen molar-refractivity contribution in [3.8, 4) is 5.75 Å². The molecule has 0 unspecified atom stereocenters. The summed E-state index contributed by atoms with van der Waals surface area (Å²) in [5.41, 5.74) is 0.499. The van der Waals surface area contributed by atoms with Crippen molar-refractivity contribution in [2.24, 2.45) is 0 Å². The van der Waals surface area contributed by atoms with Crippen LogP contribution in [0.25, 0.3) is 0 Å². The van der Waals surface area contributed by atoms with Gasteiger partial charge in [0.2, 0.25) is 0 Å². The standard InChI is InChI=1S/C19H21NO5/c1-19(2,3)25-17(21)13-23-15-9-10-16(20-11-15)18(22)24-12-14-7-5-4-6-8-14/h4-11H,12-13H2,1-3H3. The van der Waals surface area contributed by atoms with Gasteiger partial charge in [-0.3, -0.25) is 0 Å². The van der Waals surface area contributed by atoms with E-state index in [0.717, 1.165) is 5.56 Å². The van der Waals surface area contributed by atoms with Crippen molar-refractivity contribution in [3.05, 3.63) is 59.9 Å². The van der Waals surface area contributed by atoms with E-state index >= 15 is 0 Å². The summed E-state index contributed by atoms with van der Waals surface area (Å²) < 4.78 is 15.6. The highest BCUT2D eigenvalue weighted by molar-refractivity contribution is 5.87. The smallest absolute Gasteiger partial charge is 0.357 e. The Hall–Kier alpha value is -2.89. The molecule has 1 aromatic heterocycles. The molecule has 0 atom stereocenters. The summed E-state index contributed by atoms with van der Waals surface area (Å²) in [4.78, 5) is 27.5. The molecule has 0 aliphatic carbocycles. The van der Waals surface area contributed by atoms with Gasteiger partial charge in [0.15, 0.2) is 6.61 Å². The SMILES string of the molecule is CC(C)(C)OC(=O)COc1ccc(C(=O)OCc2ccccc2)nc1. The topological polar surface area (TPSA) is 74.7 Å². The van der Waals surface area contributed by atoms with Crippen LogP contribution in [0.2, 0.25) is 0 Å². The first-order valence-electron chi connectivity index (χ1n) is 7.85. The summed E-state index contributed by atoms with van der Waals surface area (Å²) >= 11 is 0. The number of hydrogen-bond acceptors (Lipinski definition) is 6. The number of carbonyl (C=O) groups excluding carboxylic acids is 2. The second kappa shape index (κ2) is 8.28. The Balaban J connectivity index is 1.82. The molecule has 6 nitrogen and oxygen atoms in total. The maximum absolute atomic E-state index is 12.0. The van der Waals surface area contributed by atoms with Crippen LogP contribution in [0.1, 0.15) is 36.8 Å². The van der Waals surface area contributed by atoms with Crippen molar-refractivity contribution in [3.63, 3.8) is 0 Å². The van der Waals surface area contributed by atoms with Gasteiger partial charge in [0.25, 0.3) is 0 Å². The predicted molar refractivity (Wildman–Crippen MR) is 91.1 cm³/mol. The summed E-state index contributed by atoms with van der Waals surface area (Å²) in [5.74, 6) is -0.633. The van der Waals surface area contributed by atoms with E-state index < -0.39 is 17.5 Å². The lowest BCUT2D eigenvalue weighted by molar-refractivity contribution is -0.157. The average Bonchev–Trinajstić information content (AvgIpc) is 2.58. The van der Waals surface area contributed by atoms with E-state index in [4.69, 9.17) is 14.2 Å². The fraction of sp³-hybridized carbons (Fsp3) is 0.316. The molecular weight excluding hydrogens is 322 g/mol. The van der Waals surface area contributed by atoms with Gasteiger partial charge in [0.1, 0.15) is 23.7 Å². The minimum atomic E-state index is -0.564. The van der Waals surface area contributed by atoms with E-state index in [1.807, 2.05) is 30.3 Å². The Morgan fingerprint density at radius 3 is 2.36 bits per heavy atom. The van der Waals surface area contributed by atoms with Crippen LogP contribution in [0.15, 0.2) is 48.7 Å². The molecule has 0 spiro atoms. The molecule has 0 saturated heterocycles. The number of carbonyl (C=O) groups is 2. The van der Waals surface area contributed by atoms with Crippen molar-refractivity contribution >= 4 is 11.9 Å². The van der Waals surface area contributed by atoms with Crippen LogP contribution < -0.4 is 4.74 Å². The first-order valence-corrected chi connectivity index (χ1v) is 7.85. The molecule has 0 N–H and O–H groups in total. The van der Waals surface area contributed by atoms with E-state index in [2.05, 4.69) is 4.98 Å². The van der Waals surface area contributed by atoms with Gasteiger partial charge in [0.05, 0.1) is 6.20 Å². The minimum Gasteiger partial charge on any atom is -0.480 e. The van der Waals surface area contributed by atoms with E-state index in [-0.39, 0.29) is 18.9 Å². The maximum atomic E-state index is 12.0. The van der Waals surface area contributed by atoms with Gasteiger partial charge in [-0.1, -0.05) is 30.3 Å². The minimum absolute atomic E-state index is 0.167. The van der Waals surface area contributed by atoms with E-state index in [9.17, 15) is 9.59 Å². The van der Waals surface area contributed by atoms with Crippen LogP contribution in [0.4, 0.5) is 0 Å². The Morgan fingerprint density at radius 1 is 1.04 bits per heavy atom. The van der Waals surface area contributed by atoms with Gasteiger partial charge in [-0.05, 0) is 38.5 Å². The van der Waals surface area contributed by atoms with Crippen molar-refractivity contribution in [2.45, 2.75) is 33.0 Å². The third-order valence-corrected chi connectivity index (χ3v) is 2.93. The number of aromatic nitrogens is 1. The molecule has 0 aliphatic rings. The summed E-state index contributed by atoms with van der Waals surface area (Å²) in [7, 11) is 0. The van der Waals surface area contributed by atoms with Crippen molar-refractivity contribution in [1.29, 1.82) is 0 Å². The normalized spacial score (nSPS) is 10.8. The Bertz CT molecular complexity index is 705. The molecule has 2 rings (SSSR count). The molecule has 6 heteroatoms. The quantitative estimate of drug-likeness (QED) is 0.750. The van der Waals surface area contributed by atoms with Gasteiger partial charge in [-0.25, -0.2) is 14.6 Å². The average molecular weight is 343 g/mol. The monoisotopic (exact) mass is 343 g/mol. The zero-order chi connectivity index (χ0) is 18.3. The third kappa shape index (κ3) is 6.63. The van der Waals surface area contributed by atoms with Gasteiger partial charge in [-0.2, -0.15) is 0 Å². The van der Waals surface area contributed by atoms with Gasteiger partial charge in [-0.15, -0.1) is 0 Å². The summed E-state index contributed by atoms with van der Waals surface area (Å²) in [6.07, 6.45) is 1.36. The van der Waals surface area contributed by atoms with Gasteiger partial charge in [0, 0.05) is 0 Å². The fourth-order valence-electron chi connectivity index (χ4n) is 1.90. The van der Waals surface area contributed by atoms with Crippen molar-refractivity contribution in [2.75, 3.05) is 6.61 Å². The lowest BCUT2D eigenvalue weighted by Gasteiger charge is -2.19. The molecule has 0 fully saturated rings. The number of pyridine rings is 1. The van der Waals surface area contributed by atoms with Crippen LogP contribution >= 0.6 is 0 Å². The molecule has 0 radical (unpaired) electrons. The molecule has 25 heavy (non-hydrogen) atoms. The lowest BCUT2D eigenvalue weighted by atomic mass is 10.2. The Labute approximate surface area is 146 Å². The molecule has 0 bridgehead atoms. The molecule has 1 heterocycles. The first-order chi connectivity index (χ1) is 11.8. The third-order valence-electron chi connectivity index (χ3n) is 2.93. The number of rotatable bonds is 6. The van der Waals surface area contributed by atoms with Crippen LogP contribution in [0.3, 0.4) is 0 Å². The highest BCUT2D eigenvalue weighted by Gasteiger charge is 2.17. The molecule has 0 saturated carbocycles.